The number of nitrogens with zero attached hydrogens (tertiary/aromatic N) is 1. The summed E-state index contributed by atoms with van der Waals surface area (Å²) >= 11 is 0. The Kier molecular flexibility index (Phi) is 2.71. The minimum Gasteiger partial charge on any atom is -0.372 e. The van der Waals surface area contributed by atoms with Crippen molar-refractivity contribution in [1.29, 1.82) is 0 Å². The maximum absolute atomic E-state index is 5.95. The first kappa shape index (κ1) is 10.1. The number of hydrogen-bond acceptors (Lipinski definition) is 3. The molecular formula is C12H22N2O. The van der Waals surface area contributed by atoms with Crippen molar-refractivity contribution in [2.24, 2.45) is 11.7 Å². The average molecular weight is 210 g/mol. The zero-order valence-electron chi connectivity index (χ0n) is 9.40. The number of morpholine rings is 1. The number of rotatable bonds is 2. The minimum absolute atomic E-state index is 0.479. The maximum atomic E-state index is 5.95. The van der Waals surface area contributed by atoms with Crippen molar-refractivity contribution >= 4 is 0 Å². The van der Waals surface area contributed by atoms with Gasteiger partial charge in [-0.25, -0.2) is 0 Å². The van der Waals surface area contributed by atoms with Gasteiger partial charge in [-0.15, -0.1) is 0 Å². The second-order valence-electron chi connectivity index (χ2n) is 5.62. The molecule has 0 amide bonds. The summed E-state index contributed by atoms with van der Waals surface area (Å²) in [6.07, 6.45) is 7.47. The van der Waals surface area contributed by atoms with Gasteiger partial charge in [-0.1, -0.05) is 0 Å². The summed E-state index contributed by atoms with van der Waals surface area (Å²) in [6, 6.07) is 0.479. The van der Waals surface area contributed by atoms with E-state index in [0.29, 0.717) is 18.2 Å². The highest BCUT2D eigenvalue weighted by molar-refractivity contribution is 4.87. The quantitative estimate of drug-likeness (QED) is 0.738. The zero-order chi connectivity index (χ0) is 10.3. The van der Waals surface area contributed by atoms with Crippen molar-refractivity contribution in [1.82, 2.24) is 4.90 Å². The fourth-order valence-electron chi connectivity index (χ4n) is 3.49. The molecule has 2 bridgehead atoms. The Morgan fingerprint density at radius 2 is 1.80 bits per heavy atom. The molecule has 3 nitrogen and oxygen atoms in total. The Labute approximate surface area is 91.9 Å². The summed E-state index contributed by atoms with van der Waals surface area (Å²) in [6.45, 7) is 3.61. The van der Waals surface area contributed by atoms with Gasteiger partial charge in [0.1, 0.15) is 0 Å². The Morgan fingerprint density at radius 1 is 1.07 bits per heavy atom. The van der Waals surface area contributed by atoms with Crippen LogP contribution >= 0.6 is 0 Å². The van der Waals surface area contributed by atoms with Crippen LogP contribution in [0.5, 0.6) is 0 Å². The molecule has 3 fully saturated rings. The molecule has 3 heteroatoms. The monoisotopic (exact) mass is 210 g/mol. The third kappa shape index (κ3) is 2.19. The predicted molar refractivity (Wildman–Crippen MR) is 59.7 cm³/mol. The van der Waals surface area contributed by atoms with E-state index in [2.05, 4.69) is 4.90 Å². The second-order valence-corrected chi connectivity index (χ2v) is 5.62. The molecule has 0 radical (unpaired) electrons. The molecule has 1 saturated carbocycles. The summed E-state index contributed by atoms with van der Waals surface area (Å²) in [4.78, 5) is 2.62. The van der Waals surface area contributed by atoms with Crippen LogP contribution in [0.15, 0.2) is 0 Å². The lowest BCUT2D eigenvalue weighted by Crippen LogP contribution is -2.44. The third-order valence-electron chi connectivity index (χ3n) is 4.22. The molecule has 0 aromatic rings. The minimum atomic E-state index is 0.479. The van der Waals surface area contributed by atoms with Crippen LogP contribution in [0.3, 0.4) is 0 Å². The number of likely N-dealkylation sites (tertiary alicyclic amines) is 1. The standard InChI is InChI=1S/C12H22N2O/c13-10-2-1-9(5-10)6-14-7-11-3-4-12(8-14)15-11/h9-12H,1-8,13H2. The highest BCUT2D eigenvalue weighted by Crippen LogP contribution is 2.30. The fourth-order valence-corrected chi connectivity index (χ4v) is 3.49. The first-order valence-corrected chi connectivity index (χ1v) is 6.43. The van der Waals surface area contributed by atoms with Gasteiger partial charge in [-0.3, -0.25) is 4.90 Å². The summed E-state index contributed by atoms with van der Waals surface area (Å²) in [7, 11) is 0. The van der Waals surface area contributed by atoms with Crippen LogP contribution in [0, 0.1) is 5.92 Å². The smallest absolute Gasteiger partial charge is 0.0707 e. The van der Waals surface area contributed by atoms with Crippen LogP contribution in [0.25, 0.3) is 0 Å². The maximum Gasteiger partial charge on any atom is 0.0707 e. The summed E-state index contributed by atoms with van der Waals surface area (Å²) in [5.74, 6) is 0.859. The molecule has 0 aromatic carbocycles. The number of ether oxygens (including phenoxy) is 1. The predicted octanol–water partition coefficient (Wildman–Crippen LogP) is 0.977. The SMILES string of the molecule is NC1CCC(CN2CC3CCC(C2)O3)C1. The van der Waals surface area contributed by atoms with E-state index in [9.17, 15) is 0 Å². The van der Waals surface area contributed by atoms with Crippen LogP contribution in [0.2, 0.25) is 0 Å². The molecule has 86 valence electrons. The number of nitrogens with two attached hydrogens (primary N) is 1. The molecular weight excluding hydrogens is 188 g/mol. The van der Waals surface area contributed by atoms with Crippen LogP contribution < -0.4 is 5.73 Å². The highest BCUT2D eigenvalue weighted by atomic mass is 16.5. The van der Waals surface area contributed by atoms with Gasteiger partial charge < -0.3 is 10.5 Å². The van der Waals surface area contributed by atoms with Crippen molar-refractivity contribution < 1.29 is 4.74 Å². The van der Waals surface area contributed by atoms with Gasteiger partial charge in [0.25, 0.3) is 0 Å². The van der Waals surface area contributed by atoms with E-state index in [1.54, 1.807) is 0 Å². The fraction of sp³-hybridized carbons (Fsp3) is 1.00. The summed E-state index contributed by atoms with van der Waals surface area (Å²) in [5, 5.41) is 0. The van der Waals surface area contributed by atoms with Crippen molar-refractivity contribution in [3.63, 3.8) is 0 Å². The molecule has 4 atom stereocenters. The third-order valence-corrected chi connectivity index (χ3v) is 4.22. The van der Waals surface area contributed by atoms with E-state index in [0.717, 1.165) is 5.92 Å². The average Bonchev–Trinajstić information content (AvgIpc) is 2.74. The largest absolute Gasteiger partial charge is 0.372 e. The zero-order valence-corrected chi connectivity index (χ0v) is 9.40. The van der Waals surface area contributed by atoms with Crippen LogP contribution in [0.1, 0.15) is 32.1 Å². The van der Waals surface area contributed by atoms with Crippen LogP contribution in [-0.4, -0.2) is 42.8 Å². The van der Waals surface area contributed by atoms with Crippen LogP contribution in [-0.2, 0) is 4.74 Å². The van der Waals surface area contributed by atoms with Gasteiger partial charge in [-0.05, 0) is 38.0 Å². The highest BCUT2D eigenvalue weighted by Gasteiger charge is 2.35. The molecule has 3 aliphatic rings. The van der Waals surface area contributed by atoms with Crippen molar-refractivity contribution in [2.45, 2.75) is 50.4 Å². The molecule has 2 saturated heterocycles. The lowest BCUT2D eigenvalue weighted by molar-refractivity contribution is -0.0422. The molecule has 15 heavy (non-hydrogen) atoms. The Bertz CT molecular complexity index is 222. The van der Waals surface area contributed by atoms with Gasteiger partial charge >= 0.3 is 0 Å². The van der Waals surface area contributed by atoms with Crippen molar-refractivity contribution in [2.75, 3.05) is 19.6 Å². The second kappa shape index (κ2) is 4.04. The molecule has 3 rings (SSSR count). The molecule has 2 N–H and O–H groups in total. The normalized spacial score (nSPS) is 46.2. The Hall–Kier alpha value is -0.120. The van der Waals surface area contributed by atoms with Gasteiger partial charge in [0.15, 0.2) is 0 Å². The molecule has 2 heterocycles. The molecule has 0 aromatic heterocycles. The van der Waals surface area contributed by atoms with Gasteiger partial charge in [0.05, 0.1) is 12.2 Å². The first-order valence-electron chi connectivity index (χ1n) is 6.43. The van der Waals surface area contributed by atoms with E-state index in [1.165, 1.54) is 51.7 Å². The molecule has 0 spiro atoms. The van der Waals surface area contributed by atoms with Gasteiger partial charge in [-0.2, -0.15) is 0 Å². The van der Waals surface area contributed by atoms with E-state index < -0.39 is 0 Å². The van der Waals surface area contributed by atoms with Crippen molar-refractivity contribution in [3.8, 4) is 0 Å². The summed E-state index contributed by atoms with van der Waals surface area (Å²) in [5.41, 5.74) is 5.95. The lowest BCUT2D eigenvalue weighted by atomic mass is 10.1. The Balaban J connectivity index is 1.51. The topological polar surface area (TPSA) is 38.5 Å². The molecule has 1 aliphatic carbocycles. The van der Waals surface area contributed by atoms with Gasteiger partial charge in [0.2, 0.25) is 0 Å². The Morgan fingerprint density at radius 3 is 2.40 bits per heavy atom. The summed E-state index contributed by atoms with van der Waals surface area (Å²) < 4.78 is 5.85. The van der Waals surface area contributed by atoms with Crippen LogP contribution in [0.4, 0.5) is 0 Å². The number of hydrogen-bond donors (Lipinski definition) is 1. The van der Waals surface area contributed by atoms with E-state index in [4.69, 9.17) is 10.5 Å². The van der Waals surface area contributed by atoms with Gasteiger partial charge in [0, 0.05) is 25.7 Å². The van der Waals surface area contributed by atoms with E-state index in [-0.39, 0.29) is 0 Å². The molecule has 2 aliphatic heterocycles. The first-order chi connectivity index (χ1) is 7.29. The number of fused-ring (bicyclic) bond motifs is 2. The molecule has 4 unspecified atom stereocenters. The van der Waals surface area contributed by atoms with Crippen molar-refractivity contribution in [3.05, 3.63) is 0 Å². The van der Waals surface area contributed by atoms with E-state index in [1.807, 2.05) is 0 Å². The van der Waals surface area contributed by atoms with E-state index >= 15 is 0 Å². The lowest BCUT2D eigenvalue weighted by Gasteiger charge is -2.33.